The molecule has 200 valence electrons. The van der Waals surface area contributed by atoms with Crippen LogP contribution in [-0.2, 0) is 16.9 Å². The first kappa shape index (κ1) is 26.7. The van der Waals surface area contributed by atoms with E-state index in [1.807, 2.05) is 24.3 Å². The minimum absolute atomic E-state index is 0.0846. The zero-order valence-electron chi connectivity index (χ0n) is 20.8. The van der Waals surface area contributed by atoms with Crippen molar-refractivity contribution in [2.75, 3.05) is 6.61 Å². The fourth-order valence-electron chi connectivity index (χ4n) is 4.06. The Bertz CT molecular complexity index is 1590. The van der Waals surface area contributed by atoms with Gasteiger partial charge in [0.1, 0.15) is 39.9 Å². The van der Waals surface area contributed by atoms with Crippen LogP contribution in [0.1, 0.15) is 40.8 Å². The monoisotopic (exact) mass is 568 g/mol. The molecule has 2 unspecified atom stereocenters. The molecule has 3 heterocycles. The summed E-state index contributed by atoms with van der Waals surface area (Å²) in [6.45, 7) is 3.58. The third kappa shape index (κ3) is 5.46. The highest BCUT2D eigenvalue weighted by Crippen LogP contribution is 2.41. The van der Waals surface area contributed by atoms with E-state index in [-0.39, 0.29) is 24.4 Å². The van der Waals surface area contributed by atoms with E-state index >= 15 is 0 Å². The molecular formula is C26H22F2N6O3S2. The van der Waals surface area contributed by atoms with Crippen molar-refractivity contribution in [1.29, 1.82) is 0 Å². The summed E-state index contributed by atoms with van der Waals surface area (Å²) in [5.74, 6) is -2.39. The van der Waals surface area contributed by atoms with Crippen LogP contribution in [0.3, 0.4) is 0 Å². The summed E-state index contributed by atoms with van der Waals surface area (Å²) in [7, 11) is 0. The second-order valence-electron chi connectivity index (χ2n) is 8.66. The topological polar surface area (TPSA) is 116 Å². The van der Waals surface area contributed by atoms with Crippen molar-refractivity contribution in [3.8, 4) is 22.0 Å². The Balaban J connectivity index is 1.41. The van der Waals surface area contributed by atoms with Gasteiger partial charge in [-0.1, -0.05) is 37.3 Å². The number of halogens is 2. The maximum absolute atomic E-state index is 14.9. The van der Waals surface area contributed by atoms with Crippen molar-refractivity contribution in [1.82, 2.24) is 29.1 Å². The summed E-state index contributed by atoms with van der Waals surface area (Å²) in [6, 6.07) is 10.4. The Morgan fingerprint density at radius 2 is 1.92 bits per heavy atom. The maximum Gasteiger partial charge on any atom is 0.357 e. The van der Waals surface area contributed by atoms with Gasteiger partial charge in [-0.25, -0.2) is 33.2 Å². The lowest BCUT2D eigenvalue weighted by atomic mass is 9.82. The standard InChI is InChI=1S/C26H22F2N6O3S2/c1-3-37-25(35)21-11-38-24(31-21)17-6-4-16(5-7-17)22-32-23(39-33-22)15(2)26(36,12-34-14-29-13-30-34)19-9-8-18(27)10-20(19)28/h4-11,13-15,36H,3,12H2,1-2H3. The van der Waals surface area contributed by atoms with Crippen LogP contribution in [0.25, 0.3) is 22.0 Å². The predicted octanol–water partition coefficient (Wildman–Crippen LogP) is 5.07. The molecule has 0 amide bonds. The lowest BCUT2D eigenvalue weighted by Gasteiger charge is -2.33. The van der Waals surface area contributed by atoms with Gasteiger partial charge in [-0.05, 0) is 24.5 Å². The quantitative estimate of drug-likeness (QED) is 0.245. The number of benzene rings is 2. The van der Waals surface area contributed by atoms with E-state index < -0.39 is 29.1 Å². The van der Waals surface area contributed by atoms with Gasteiger partial charge in [-0.2, -0.15) is 9.47 Å². The number of hydrogen-bond donors (Lipinski definition) is 1. The third-order valence-corrected chi connectivity index (χ3v) is 7.96. The molecule has 0 saturated heterocycles. The molecule has 0 fully saturated rings. The summed E-state index contributed by atoms with van der Waals surface area (Å²) >= 11 is 2.42. The van der Waals surface area contributed by atoms with Gasteiger partial charge in [0, 0.05) is 34.1 Å². The van der Waals surface area contributed by atoms with Crippen molar-refractivity contribution >= 4 is 28.8 Å². The molecule has 1 N–H and O–H groups in total. The van der Waals surface area contributed by atoms with E-state index in [0.29, 0.717) is 15.8 Å². The summed E-state index contributed by atoms with van der Waals surface area (Å²) in [5.41, 5.74) is -0.107. The Labute approximate surface area is 230 Å². The first-order valence-corrected chi connectivity index (χ1v) is 13.5. The number of ether oxygens (including phenoxy) is 1. The predicted molar refractivity (Wildman–Crippen MR) is 141 cm³/mol. The number of carbonyl (C=O) groups is 1. The molecule has 39 heavy (non-hydrogen) atoms. The molecule has 0 spiro atoms. The zero-order valence-corrected chi connectivity index (χ0v) is 22.4. The summed E-state index contributed by atoms with van der Waals surface area (Å²) in [5, 5.41) is 18.6. The molecule has 9 nitrogen and oxygen atoms in total. The van der Waals surface area contributed by atoms with Gasteiger partial charge in [0.2, 0.25) is 0 Å². The molecule has 2 atom stereocenters. The van der Waals surface area contributed by atoms with Crippen molar-refractivity contribution in [3.05, 3.63) is 88.4 Å². The Kier molecular flexibility index (Phi) is 7.55. The van der Waals surface area contributed by atoms with E-state index in [1.165, 1.54) is 34.7 Å². The lowest BCUT2D eigenvalue weighted by Crippen LogP contribution is -2.38. The van der Waals surface area contributed by atoms with E-state index in [4.69, 9.17) is 4.74 Å². The molecule has 0 radical (unpaired) electrons. The SMILES string of the molecule is CCOC(=O)c1csc(-c2ccc(-c3nsc(C(C)C(O)(Cn4cncn4)c4ccc(F)cc4F)n3)cc2)n1. The molecule has 13 heteroatoms. The molecule has 0 aliphatic rings. The molecular weight excluding hydrogens is 546 g/mol. The summed E-state index contributed by atoms with van der Waals surface area (Å²) < 4.78 is 39.3. The van der Waals surface area contributed by atoms with Crippen LogP contribution >= 0.6 is 22.9 Å². The van der Waals surface area contributed by atoms with Crippen LogP contribution < -0.4 is 0 Å². The first-order valence-electron chi connectivity index (χ1n) is 11.9. The molecule has 2 aromatic carbocycles. The van der Waals surface area contributed by atoms with Gasteiger partial charge in [-0.3, -0.25) is 0 Å². The number of rotatable bonds is 9. The lowest BCUT2D eigenvalue weighted by molar-refractivity contribution is -0.0112. The second kappa shape index (κ2) is 11.0. The smallest absolute Gasteiger partial charge is 0.357 e. The van der Waals surface area contributed by atoms with E-state index in [1.54, 1.807) is 19.2 Å². The first-order chi connectivity index (χ1) is 18.8. The fraction of sp³-hybridized carbons (Fsp3) is 0.231. The molecule has 0 bridgehead atoms. The van der Waals surface area contributed by atoms with Crippen LogP contribution in [0, 0.1) is 11.6 Å². The van der Waals surface area contributed by atoms with Gasteiger partial charge in [0.25, 0.3) is 0 Å². The van der Waals surface area contributed by atoms with Crippen LogP contribution in [0.4, 0.5) is 8.78 Å². The van der Waals surface area contributed by atoms with Gasteiger partial charge in [0.15, 0.2) is 11.5 Å². The largest absolute Gasteiger partial charge is 0.461 e. The van der Waals surface area contributed by atoms with Gasteiger partial charge < -0.3 is 9.84 Å². The summed E-state index contributed by atoms with van der Waals surface area (Å²) in [6.07, 6.45) is 2.71. The number of carbonyl (C=O) groups excluding carboxylic acids is 1. The second-order valence-corrected chi connectivity index (χ2v) is 10.3. The molecule has 5 rings (SSSR count). The van der Waals surface area contributed by atoms with Crippen molar-refractivity contribution in [2.24, 2.45) is 0 Å². The van der Waals surface area contributed by atoms with E-state index in [9.17, 15) is 18.7 Å². The Morgan fingerprint density at radius 1 is 1.15 bits per heavy atom. The highest BCUT2D eigenvalue weighted by molar-refractivity contribution is 7.13. The number of hydrogen-bond acceptors (Lipinski definition) is 10. The van der Waals surface area contributed by atoms with Crippen molar-refractivity contribution < 1.29 is 23.4 Å². The number of nitrogens with zero attached hydrogens (tertiary/aromatic N) is 6. The van der Waals surface area contributed by atoms with Crippen LogP contribution in [-0.4, -0.2) is 46.8 Å². The zero-order chi connectivity index (χ0) is 27.6. The maximum atomic E-state index is 14.9. The highest BCUT2D eigenvalue weighted by atomic mass is 32.1. The molecule has 3 aromatic heterocycles. The number of aliphatic hydroxyl groups is 1. The normalized spacial score (nSPS) is 13.7. The molecule has 5 aromatic rings. The number of esters is 1. The van der Waals surface area contributed by atoms with Gasteiger partial charge in [0.05, 0.1) is 13.2 Å². The van der Waals surface area contributed by atoms with Crippen LogP contribution in [0.15, 0.2) is 60.5 Å². The number of thiazole rings is 1. The highest BCUT2D eigenvalue weighted by Gasteiger charge is 2.41. The molecule has 0 aliphatic carbocycles. The minimum atomic E-state index is -1.83. The third-order valence-electron chi connectivity index (χ3n) is 6.17. The van der Waals surface area contributed by atoms with Crippen molar-refractivity contribution in [3.63, 3.8) is 0 Å². The minimum Gasteiger partial charge on any atom is -0.461 e. The van der Waals surface area contributed by atoms with Crippen LogP contribution in [0.2, 0.25) is 0 Å². The molecule has 0 saturated carbocycles. The van der Waals surface area contributed by atoms with Gasteiger partial charge >= 0.3 is 5.97 Å². The fourth-order valence-corrected chi connectivity index (χ4v) is 5.66. The average molecular weight is 569 g/mol. The Morgan fingerprint density at radius 3 is 2.62 bits per heavy atom. The number of aromatic nitrogens is 6. The van der Waals surface area contributed by atoms with E-state index in [0.717, 1.165) is 34.8 Å². The molecule has 0 aliphatic heterocycles. The van der Waals surface area contributed by atoms with Crippen LogP contribution in [0.5, 0.6) is 0 Å². The summed E-state index contributed by atoms with van der Waals surface area (Å²) in [4.78, 5) is 24.8. The average Bonchev–Trinajstić information content (AvgIpc) is 3.71. The van der Waals surface area contributed by atoms with Gasteiger partial charge in [-0.15, -0.1) is 11.3 Å². The van der Waals surface area contributed by atoms with Crippen molar-refractivity contribution in [2.45, 2.75) is 31.9 Å². The Hall–Kier alpha value is -3.94. The van der Waals surface area contributed by atoms with E-state index in [2.05, 4.69) is 24.4 Å².